The van der Waals surface area contributed by atoms with Crippen LogP contribution in [0.3, 0.4) is 0 Å². The molecule has 1 aliphatic heterocycles. The fourth-order valence-electron chi connectivity index (χ4n) is 0.906. The van der Waals surface area contributed by atoms with Crippen LogP contribution < -0.4 is 5.32 Å². The molecule has 0 aromatic heterocycles. The topological polar surface area (TPSA) is 12.0 Å². The highest BCUT2D eigenvalue weighted by molar-refractivity contribution is 5.37. The minimum atomic E-state index is 0.930. The van der Waals surface area contributed by atoms with E-state index < -0.39 is 0 Å². The molecule has 0 amide bonds. The molecule has 1 aliphatic rings. The number of hydrogen-bond donors (Lipinski definition) is 1. The molecule has 11 heavy (non-hydrogen) atoms. The predicted molar refractivity (Wildman–Crippen MR) is 51.6 cm³/mol. The Labute approximate surface area is 69.5 Å². The summed E-state index contributed by atoms with van der Waals surface area (Å²) in [5.74, 6) is 0. The summed E-state index contributed by atoms with van der Waals surface area (Å²) in [5.41, 5.74) is 2.47. The molecule has 0 aliphatic carbocycles. The largest absolute Gasteiger partial charge is 0.309 e. The van der Waals surface area contributed by atoms with Gasteiger partial charge < -0.3 is 5.32 Å². The summed E-state index contributed by atoms with van der Waals surface area (Å²) < 4.78 is 0. The smallest absolute Gasteiger partial charge is 0.0211 e. The van der Waals surface area contributed by atoms with Gasteiger partial charge in [-0.25, -0.2) is 0 Å². The van der Waals surface area contributed by atoms with Crippen molar-refractivity contribution in [2.45, 2.75) is 13.8 Å². The molecule has 1 saturated heterocycles. The molecule has 1 nitrogen and oxygen atoms in total. The van der Waals surface area contributed by atoms with Crippen LogP contribution in [0.5, 0.6) is 0 Å². The molecular weight excluding hydrogens is 134 g/mol. The Morgan fingerprint density at radius 1 is 1.36 bits per heavy atom. The highest BCUT2D eigenvalue weighted by atomic mass is 14.9. The first-order valence-electron chi connectivity index (χ1n) is 4.05. The van der Waals surface area contributed by atoms with Crippen molar-refractivity contribution < 1.29 is 0 Å². The zero-order chi connectivity index (χ0) is 8.69. The number of hydrogen-bond acceptors (Lipinski definition) is 1. The van der Waals surface area contributed by atoms with Gasteiger partial charge in [0.2, 0.25) is 0 Å². The van der Waals surface area contributed by atoms with Gasteiger partial charge in [0.25, 0.3) is 0 Å². The normalized spacial score (nSPS) is 19.5. The van der Waals surface area contributed by atoms with Crippen LogP contribution in [0.25, 0.3) is 0 Å². The number of nitrogens with one attached hydrogen (secondary N) is 1. The van der Waals surface area contributed by atoms with E-state index in [1.54, 1.807) is 6.08 Å². The minimum Gasteiger partial charge on any atom is -0.309 e. The lowest BCUT2D eigenvalue weighted by molar-refractivity contribution is 0.895. The molecule has 0 aromatic carbocycles. The van der Waals surface area contributed by atoms with Crippen molar-refractivity contribution in [1.82, 2.24) is 5.32 Å². The van der Waals surface area contributed by atoms with E-state index in [0.717, 1.165) is 13.1 Å². The van der Waals surface area contributed by atoms with E-state index in [4.69, 9.17) is 0 Å². The molecule has 1 rings (SSSR count). The van der Waals surface area contributed by atoms with Gasteiger partial charge in [0.1, 0.15) is 0 Å². The van der Waals surface area contributed by atoms with E-state index in [1.165, 1.54) is 11.1 Å². The molecule has 0 unspecified atom stereocenters. The van der Waals surface area contributed by atoms with E-state index in [2.05, 4.69) is 18.5 Å². The zero-order valence-corrected chi connectivity index (χ0v) is 7.48. The maximum atomic E-state index is 3.88. The van der Waals surface area contributed by atoms with Crippen LogP contribution in [0.2, 0.25) is 0 Å². The molecular formula is C10H17N. The first-order chi connectivity index (χ1) is 5.34. The Kier molecular flexibility index (Phi) is 5.49. The maximum absolute atomic E-state index is 3.88. The van der Waals surface area contributed by atoms with Gasteiger partial charge in [0.05, 0.1) is 0 Å². The van der Waals surface area contributed by atoms with Crippen LogP contribution >= 0.6 is 0 Å². The Balaban J connectivity index is 0.000000461. The standard InChI is InChI=1S/C8H11N.C2H6/c1-3-4-8-6-9-5-7(8)2;1-2/h3-4,9H,1-2,5-6H2;1-2H3/b8-4-;. The fraction of sp³-hybridized carbons (Fsp3) is 0.400. The van der Waals surface area contributed by atoms with Crippen LogP contribution in [-0.2, 0) is 0 Å². The highest BCUT2D eigenvalue weighted by Crippen LogP contribution is 2.10. The SMILES string of the molecule is C=C/C=C1/CNCC1=C.CC. The molecule has 0 spiro atoms. The van der Waals surface area contributed by atoms with Crippen molar-refractivity contribution in [3.05, 3.63) is 36.5 Å². The van der Waals surface area contributed by atoms with Gasteiger partial charge in [-0.05, 0) is 11.1 Å². The first-order valence-corrected chi connectivity index (χ1v) is 4.05. The third kappa shape index (κ3) is 3.19. The molecule has 0 saturated carbocycles. The predicted octanol–water partition coefficient (Wildman–Crippen LogP) is 2.28. The van der Waals surface area contributed by atoms with E-state index in [9.17, 15) is 0 Å². The second kappa shape index (κ2) is 5.93. The average molecular weight is 151 g/mol. The van der Waals surface area contributed by atoms with E-state index >= 15 is 0 Å². The van der Waals surface area contributed by atoms with Gasteiger partial charge >= 0.3 is 0 Å². The number of rotatable bonds is 1. The molecule has 0 aromatic rings. The van der Waals surface area contributed by atoms with E-state index in [1.807, 2.05) is 19.9 Å². The third-order valence-electron chi connectivity index (χ3n) is 1.43. The summed E-state index contributed by atoms with van der Waals surface area (Å²) in [5, 5.41) is 3.19. The van der Waals surface area contributed by atoms with Crippen LogP contribution in [0.1, 0.15) is 13.8 Å². The number of allylic oxidation sites excluding steroid dienone is 2. The lowest BCUT2D eigenvalue weighted by atomic mass is 10.1. The summed E-state index contributed by atoms with van der Waals surface area (Å²) in [7, 11) is 0. The second-order valence-electron chi connectivity index (χ2n) is 2.13. The lowest BCUT2D eigenvalue weighted by Crippen LogP contribution is -2.04. The van der Waals surface area contributed by atoms with Crippen molar-refractivity contribution in [1.29, 1.82) is 0 Å². The van der Waals surface area contributed by atoms with E-state index in [-0.39, 0.29) is 0 Å². The average Bonchev–Trinajstić information content (AvgIpc) is 2.42. The van der Waals surface area contributed by atoms with Crippen molar-refractivity contribution in [2.75, 3.05) is 13.1 Å². The molecule has 0 bridgehead atoms. The van der Waals surface area contributed by atoms with Gasteiger partial charge in [-0.1, -0.05) is 39.2 Å². The molecule has 0 radical (unpaired) electrons. The molecule has 1 heterocycles. The van der Waals surface area contributed by atoms with Crippen LogP contribution in [-0.4, -0.2) is 13.1 Å². The zero-order valence-electron chi connectivity index (χ0n) is 7.48. The summed E-state index contributed by atoms with van der Waals surface area (Å²) in [4.78, 5) is 0. The Morgan fingerprint density at radius 2 is 2.00 bits per heavy atom. The fourth-order valence-corrected chi connectivity index (χ4v) is 0.906. The van der Waals surface area contributed by atoms with Gasteiger partial charge in [0, 0.05) is 13.1 Å². The molecule has 0 atom stereocenters. The maximum Gasteiger partial charge on any atom is 0.0211 e. The highest BCUT2D eigenvalue weighted by Gasteiger charge is 2.07. The summed E-state index contributed by atoms with van der Waals surface area (Å²) in [6.07, 6.45) is 3.80. The van der Waals surface area contributed by atoms with Crippen LogP contribution in [0.4, 0.5) is 0 Å². The minimum absolute atomic E-state index is 0.930. The molecule has 1 N–H and O–H groups in total. The summed E-state index contributed by atoms with van der Waals surface area (Å²) in [6.45, 7) is 13.4. The molecule has 1 heteroatoms. The van der Waals surface area contributed by atoms with Crippen molar-refractivity contribution in [3.63, 3.8) is 0 Å². The third-order valence-corrected chi connectivity index (χ3v) is 1.43. The lowest BCUT2D eigenvalue weighted by Gasteiger charge is -1.90. The second-order valence-corrected chi connectivity index (χ2v) is 2.13. The molecule has 62 valence electrons. The van der Waals surface area contributed by atoms with Gasteiger partial charge in [-0.15, -0.1) is 0 Å². The molecule has 1 fully saturated rings. The Hall–Kier alpha value is -0.820. The first kappa shape index (κ1) is 10.2. The van der Waals surface area contributed by atoms with Gasteiger partial charge in [-0.2, -0.15) is 0 Å². The summed E-state index contributed by atoms with van der Waals surface area (Å²) >= 11 is 0. The van der Waals surface area contributed by atoms with Crippen molar-refractivity contribution >= 4 is 0 Å². The monoisotopic (exact) mass is 151 g/mol. The van der Waals surface area contributed by atoms with E-state index in [0.29, 0.717) is 0 Å². The van der Waals surface area contributed by atoms with Gasteiger partial charge in [0.15, 0.2) is 0 Å². The van der Waals surface area contributed by atoms with Crippen molar-refractivity contribution in [2.24, 2.45) is 0 Å². The Morgan fingerprint density at radius 3 is 2.36 bits per heavy atom. The van der Waals surface area contributed by atoms with Crippen molar-refractivity contribution in [3.8, 4) is 0 Å². The van der Waals surface area contributed by atoms with Crippen LogP contribution in [0, 0.1) is 0 Å². The van der Waals surface area contributed by atoms with Crippen LogP contribution in [0.15, 0.2) is 36.5 Å². The Bertz CT molecular complexity index is 166. The summed E-state index contributed by atoms with van der Waals surface area (Å²) in [6, 6.07) is 0. The quantitative estimate of drug-likeness (QED) is 0.606. The van der Waals surface area contributed by atoms with Gasteiger partial charge in [-0.3, -0.25) is 0 Å².